The highest BCUT2D eigenvalue weighted by Crippen LogP contribution is 2.34. The SMILES string of the molecule is CCCCNC(=O)c1cncc(Nc2cc(C(F)(F)F)ccc2Cl)c1. The number of nitrogens with one attached hydrogen (secondary N) is 2. The smallest absolute Gasteiger partial charge is 0.353 e. The number of nitrogens with zero attached hydrogens (tertiary/aromatic N) is 1. The molecule has 1 aromatic carbocycles. The summed E-state index contributed by atoms with van der Waals surface area (Å²) in [6.07, 6.45) is 0.130. The van der Waals surface area contributed by atoms with Crippen molar-refractivity contribution < 1.29 is 18.0 Å². The Kier molecular flexibility index (Phi) is 6.25. The van der Waals surface area contributed by atoms with Crippen LogP contribution in [-0.2, 0) is 6.18 Å². The Labute approximate surface area is 148 Å². The van der Waals surface area contributed by atoms with Crippen LogP contribution in [0.5, 0.6) is 0 Å². The van der Waals surface area contributed by atoms with Crippen LogP contribution in [0.25, 0.3) is 0 Å². The van der Waals surface area contributed by atoms with E-state index in [1.165, 1.54) is 24.5 Å². The fourth-order valence-corrected chi connectivity index (χ4v) is 2.23. The monoisotopic (exact) mass is 371 g/mol. The Morgan fingerprint density at radius 1 is 1.24 bits per heavy atom. The van der Waals surface area contributed by atoms with Gasteiger partial charge in [-0.2, -0.15) is 13.2 Å². The third-order valence-corrected chi connectivity index (χ3v) is 3.72. The zero-order valence-electron chi connectivity index (χ0n) is 13.5. The fraction of sp³-hybridized carbons (Fsp3) is 0.294. The summed E-state index contributed by atoms with van der Waals surface area (Å²) < 4.78 is 38.5. The van der Waals surface area contributed by atoms with Gasteiger partial charge in [-0.15, -0.1) is 0 Å². The highest BCUT2D eigenvalue weighted by atomic mass is 35.5. The van der Waals surface area contributed by atoms with Gasteiger partial charge in [-0.05, 0) is 30.7 Å². The van der Waals surface area contributed by atoms with E-state index in [2.05, 4.69) is 15.6 Å². The molecule has 0 bridgehead atoms. The van der Waals surface area contributed by atoms with E-state index < -0.39 is 11.7 Å². The molecule has 1 aromatic heterocycles. The molecule has 0 aliphatic heterocycles. The molecule has 0 spiro atoms. The average molecular weight is 372 g/mol. The van der Waals surface area contributed by atoms with Gasteiger partial charge in [0.15, 0.2) is 0 Å². The number of aromatic nitrogens is 1. The van der Waals surface area contributed by atoms with Crippen molar-refractivity contribution in [2.45, 2.75) is 25.9 Å². The molecule has 2 rings (SSSR count). The summed E-state index contributed by atoms with van der Waals surface area (Å²) >= 11 is 5.95. The number of rotatable bonds is 6. The molecule has 134 valence electrons. The lowest BCUT2D eigenvalue weighted by molar-refractivity contribution is -0.137. The Morgan fingerprint density at radius 3 is 2.68 bits per heavy atom. The number of carbonyl (C=O) groups excluding carboxylic acids is 1. The van der Waals surface area contributed by atoms with Crippen molar-refractivity contribution in [2.24, 2.45) is 0 Å². The standard InChI is InChI=1S/C17H17ClF3N3O/c1-2-3-6-23-16(25)11-7-13(10-22-9-11)24-15-8-12(17(19,20)21)4-5-14(15)18/h4-5,7-10,24H,2-3,6H2,1H3,(H,23,25). The molecule has 2 N–H and O–H groups in total. The summed E-state index contributed by atoms with van der Waals surface area (Å²) in [4.78, 5) is 16.0. The highest BCUT2D eigenvalue weighted by Gasteiger charge is 2.31. The van der Waals surface area contributed by atoms with Crippen molar-refractivity contribution in [1.82, 2.24) is 10.3 Å². The number of hydrogen-bond acceptors (Lipinski definition) is 3. The Hall–Kier alpha value is -2.28. The number of amides is 1. The van der Waals surface area contributed by atoms with Crippen LogP contribution in [0, 0.1) is 0 Å². The topological polar surface area (TPSA) is 54.0 Å². The summed E-state index contributed by atoms with van der Waals surface area (Å²) in [7, 11) is 0. The van der Waals surface area contributed by atoms with Crippen LogP contribution in [0.2, 0.25) is 5.02 Å². The van der Waals surface area contributed by atoms with Crippen LogP contribution in [0.1, 0.15) is 35.7 Å². The molecule has 0 saturated carbocycles. The third kappa shape index (κ3) is 5.35. The number of alkyl halides is 3. The van der Waals surface area contributed by atoms with Gasteiger partial charge >= 0.3 is 6.18 Å². The first kappa shape index (κ1) is 19.1. The number of hydrogen-bond donors (Lipinski definition) is 2. The van der Waals surface area contributed by atoms with Crippen LogP contribution < -0.4 is 10.6 Å². The maximum Gasteiger partial charge on any atom is 0.416 e. The lowest BCUT2D eigenvalue weighted by Crippen LogP contribution is -2.24. The van der Waals surface area contributed by atoms with Crippen LogP contribution >= 0.6 is 11.6 Å². The zero-order chi connectivity index (χ0) is 18.4. The Bertz CT molecular complexity index is 750. The second-order valence-corrected chi connectivity index (χ2v) is 5.80. The zero-order valence-corrected chi connectivity index (χ0v) is 14.2. The molecule has 1 amide bonds. The molecule has 25 heavy (non-hydrogen) atoms. The predicted molar refractivity (Wildman–Crippen MR) is 91.2 cm³/mol. The molecule has 8 heteroatoms. The summed E-state index contributed by atoms with van der Waals surface area (Å²) in [5.74, 6) is -0.292. The van der Waals surface area contributed by atoms with Gasteiger partial charge in [-0.1, -0.05) is 24.9 Å². The van der Waals surface area contributed by atoms with E-state index in [4.69, 9.17) is 11.6 Å². The van der Waals surface area contributed by atoms with Gasteiger partial charge in [0.2, 0.25) is 0 Å². The van der Waals surface area contributed by atoms with Crippen molar-refractivity contribution >= 4 is 28.9 Å². The first-order valence-corrected chi connectivity index (χ1v) is 8.06. The van der Waals surface area contributed by atoms with Crippen molar-refractivity contribution in [1.29, 1.82) is 0 Å². The van der Waals surface area contributed by atoms with Gasteiger partial charge in [0.1, 0.15) is 0 Å². The highest BCUT2D eigenvalue weighted by molar-refractivity contribution is 6.33. The second kappa shape index (κ2) is 8.20. The van der Waals surface area contributed by atoms with Crippen molar-refractivity contribution in [3.05, 3.63) is 52.8 Å². The molecule has 2 aromatic rings. The number of anilines is 2. The molecule has 0 saturated heterocycles. The first-order chi connectivity index (χ1) is 11.8. The van der Waals surface area contributed by atoms with E-state index in [0.29, 0.717) is 17.8 Å². The largest absolute Gasteiger partial charge is 0.416 e. The van der Waals surface area contributed by atoms with Gasteiger partial charge in [-0.25, -0.2) is 0 Å². The molecular weight excluding hydrogens is 355 g/mol. The van der Waals surface area contributed by atoms with Crippen molar-refractivity contribution in [3.8, 4) is 0 Å². The van der Waals surface area contributed by atoms with Crippen molar-refractivity contribution in [2.75, 3.05) is 11.9 Å². The maximum absolute atomic E-state index is 12.8. The molecule has 0 aliphatic rings. The van der Waals surface area contributed by atoms with Gasteiger partial charge < -0.3 is 10.6 Å². The third-order valence-electron chi connectivity index (χ3n) is 3.39. The van der Waals surface area contributed by atoms with Gasteiger partial charge in [0.25, 0.3) is 5.91 Å². The number of halogens is 4. The Morgan fingerprint density at radius 2 is 2.00 bits per heavy atom. The van der Waals surface area contributed by atoms with E-state index >= 15 is 0 Å². The van der Waals surface area contributed by atoms with Crippen molar-refractivity contribution in [3.63, 3.8) is 0 Å². The number of benzene rings is 1. The van der Waals surface area contributed by atoms with E-state index in [0.717, 1.165) is 25.0 Å². The molecule has 1 heterocycles. The molecule has 0 unspecified atom stereocenters. The number of unbranched alkanes of at least 4 members (excludes halogenated alkanes) is 1. The number of pyridine rings is 1. The van der Waals surface area contributed by atoms with E-state index in [1.807, 2.05) is 6.92 Å². The predicted octanol–water partition coefficient (Wildman–Crippen LogP) is 5.03. The normalized spacial score (nSPS) is 11.2. The lowest BCUT2D eigenvalue weighted by atomic mass is 10.2. The fourth-order valence-electron chi connectivity index (χ4n) is 2.07. The quantitative estimate of drug-likeness (QED) is 0.700. The van der Waals surface area contributed by atoms with Gasteiger partial charge in [0.05, 0.1) is 33.7 Å². The van der Waals surface area contributed by atoms with Crippen LogP contribution in [0.3, 0.4) is 0 Å². The lowest BCUT2D eigenvalue weighted by Gasteiger charge is -2.13. The number of carbonyl (C=O) groups is 1. The molecular formula is C17H17ClF3N3O. The van der Waals surface area contributed by atoms with Gasteiger partial charge in [0, 0.05) is 12.7 Å². The van der Waals surface area contributed by atoms with E-state index in [1.54, 1.807) is 0 Å². The molecule has 0 fully saturated rings. The molecule has 0 atom stereocenters. The van der Waals surface area contributed by atoms with Crippen LogP contribution in [0.4, 0.5) is 24.5 Å². The average Bonchev–Trinajstić information content (AvgIpc) is 2.56. The Balaban J connectivity index is 2.18. The summed E-state index contributed by atoms with van der Waals surface area (Å²) in [5, 5.41) is 5.65. The van der Waals surface area contributed by atoms with Crippen LogP contribution in [-0.4, -0.2) is 17.4 Å². The van der Waals surface area contributed by atoms with E-state index in [9.17, 15) is 18.0 Å². The summed E-state index contributed by atoms with van der Waals surface area (Å²) in [6, 6.07) is 4.49. The van der Waals surface area contributed by atoms with Gasteiger partial charge in [-0.3, -0.25) is 9.78 Å². The minimum absolute atomic E-state index is 0.0850. The molecule has 0 radical (unpaired) electrons. The molecule has 0 aliphatic carbocycles. The maximum atomic E-state index is 12.8. The minimum Gasteiger partial charge on any atom is -0.353 e. The minimum atomic E-state index is -4.47. The molecule has 4 nitrogen and oxygen atoms in total. The van der Waals surface area contributed by atoms with E-state index in [-0.39, 0.29) is 16.6 Å². The second-order valence-electron chi connectivity index (χ2n) is 5.39. The summed E-state index contributed by atoms with van der Waals surface area (Å²) in [5.41, 5.74) is -0.0591. The summed E-state index contributed by atoms with van der Waals surface area (Å²) in [6.45, 7) is 2.56. The van der Waals surface area contributed by atoms with Crippen LogP contribution in [0.15, 0.2) is 36.7 Å². The first-order valence-electron chi connectivity index (χ1n) is 7.68.